The van der Waals surface area contributed by atoms with Gasteiger partial charge in [0.1, 0.15) is 6.04 Å². The monoisotopic (exact) mass is 536 g/mol. The summed E-state index contributed by atoms with van der Waals surface area (Å²) in [6.45, 7) is 8.12. The Morgan fingerprint density at radius 3 is 2.54 bits per heavy atom. The van der Waals surface area contributed by atoms with E-state index in [1.807, 2.05) is 28.0 Å². The second kappa shape index (κ2) is 13.1. The molecule has 1 unspecified atom stereocenters. The molecule has 2 aliphatic rings. The minimum Gasteiger partial charge on any atom is -0.466 e. The lowest BCUT2D eigenvalue weighted by Gasteiger charge is -2.34. The molecule has 2 aliphatic heterocycles. The van der Waals surface area contributed by atoms with E-state index in [0.717, 1.165) is 49.6 Å². The lowest BCUT2D eigenvalue weighted by molar-refractivity contribution is -0.158. The first kappa shape index (κ1) is 28.6. The van der Waals surface area contributed by atoms with Crippen molar-refractivity contribution in [3.05, 3.63) is 35.5 Å². The summed E-state index contributed by atoms with van der Waals surface area (Å²) in [5.41, 5.74) is 2.93. The van der Waals surface area contributed by atoms with E-state index in [2.05, 4.69) is 23.6 Å². The number of likely N-dealkylation sites (tertiary alicyclic amines) is 2. The summed E-state index contributed by atoms with van der Waals surface area (Å²) in [7, 11) is 0. The van der Waals surface area contributed by atoms with E-state index in [-0.39, 0.29) is 31.6 Å². The molecule has 1 amide bonds. The van der Waals surface area contributed by atoms with Gasteiger partial charge in [0.2, 0.25) is 5.91 Å². The molecular weight excluding hydrogens is 496 g/mol. The van der Waals surface area contributed by atoms with Gasteiger partial charge in [0.15, 0.2) is 0 Å². The number of carbonyl (C=O) groups excluding carboxylic acids is 3. The van der Waals surface area contributed by atoms with Crippen LogP contribution in [0.25, 0.3) is 10.9 Å². The molecule has 1 aromatic carbocycles. The Kier molecular flexibility index (Phi) is 9.63. The van der Waals surface area contributed by atoms with Gasteiger partial charge in [-0.05, 0) is 89.4 Å². The summed E-state index contributed by atoms with van der Waals surface area (Å²) >= 11 is 0. The van der Waals surface area contributed by atoms with E-state index in [9.17, 15) is 19.6 Å². The molecular formula is C30H40N4O5. The average molecular weight is 537 g/mol. The lowest BCUT2D eigenvalue weighted by atomic mass is 10.0. The fraction of sp³-hybridized carbons (Fsp3) is 0.600. The predicted molar refractivity (Wildman–Crippen MR) is 147 cm³/mol. The van der Waals surface area contributed by atoms with Crippen LogP contribution in [-0.4, -0.2) is 76.6 Å². The highest BCUT2D eigenvalue weighted by Crippen LogP contribution is 2.30. The van der Waals surface area contributed by atoms with Crippen LogP contribution in [0.4, 0.5) is 0 Å². The summed E-state index contributed by atoms with van der Waals surface area (Å²) in [5.74, 6) is -0.890. The zero-order chi connectivity index (χ0) is 27.9. The number of rotatable bonds is 11. The van der Waals surface area contributed by atoms with Crippen molar-refractivity contribution in [2.75, 3.05) is 26.3 Å². The van der Waals surface area contributed by atoms with Gasteiger partial charge >= 0.3 is 11.9 Å². The van der Waals surface area contributed by atoms with Crippen LogP contribution in [-0.2, 0) is 36.8 Å². The zero-order valence-electron chi connectivity index (χ0n) is 23.4. The molecule has 0 saturated carbocycles. The number of hydrogen-bond donors (Lipinski definition) is 0. The van der Waals surface area contributed by atoms with Crippen molar-refractivity contribution in [2.24, 2.45) is 0 Å². The van der Waals surface area contributed by atoms with Gasteiger partial charge in [0.05, 0.1) is 37.3 Å². The average Bonchev–Trinajstić information content (AvgIpc) is 3.68. The number of esters is 2. The number of carbonyl (C=O) groups is 3. The summed E-state index contributed by atoms with van der Waals surface area (Å²) in [6, 6.07) is 9.08. The number of fused-ring (bicyclic) bond motifs is 1. The largest absolute Gasteiger partial charge is 0.466 e. The highest BCUT2D eigenvalue weighted by Gasteiger charge is 2.43. The van der Waals surface area contributed by atoms with Gasteiger partial charge < -0.3 is 18.9 Å². The van der Waals surface area contributed by atoms with Gasteiger partial charge in [-0.25, -0.2) is 0 Å². The van der Waals surface area contributed by atoms with E-state index in [4.69, 9.17) is 9.47 Å². The number of aryl methyl sites for hydroxylation is 2. The molecule has 0 bridgehead atoms. The fourth-order valence-corrected chi connectivity index (χ4v) is 6.27. The van der Waals surface area contributed by atoms with Crippen molar-refractivity contribution in [1.29, 1.82) is 5.26 Å². The number of aromatic nitrogens is 1. The van der Waals surface area contributed by atoms with E-state index >= 15 is 0 Å². The SMILES string of the molecule is CCOC(=O)CC(C(=O)OCC)N1CCC[C@@H]1C(=O)N1CCC[C@H]1CCc1cc2ccc(C#N)cc2n1CC. The van der Waals surface area contributed by atoms with Crippen molar-refractivity contribution in [2.45, 2.75) is 90.4 Å². The van der Waals surface area contributed by atoms with Crippen LogP contribution >= 0.6 is 0 Å². The maximum atomic E-state index is 13.9. The second-order valence-corrected chi connectivity index (χ2v) is 10.3. The third-order valence-electron chi connectivity index (χ3n) is 8.03. The van der Waals surface area contributed by atoms with E-state index in [1.54, 1.807) is 13.8 Å². The predicted octanol–water partition coefficient (Wildman–Crippen LogP) is 3.81. The second-order valence-electron chi connectivity index (χ2n) is 10.3. The number of ether oxygens (including phenoxy) is 2. The van der Waals surface area contributed by atoms with E-state index < -0.39 is 24.0 Å². The molecule has 210 valence electrons. The van der Waals surface area contributed by atoms with Gasteiger partial charge in [-0.1, -0.05) is 6.07 Å². The Balaban J connectivity index is 1.48. The first-order valence-corrected chi connectivity index (χ1v) is 14.3. The lowest BCUT2D eigenvalue weighted by Crippen LogP contribution is -2.53. The van der Waals surface area contributed by atoms with Crippen molar-refractivity contribution in [1.82, 2.24) is 14.4 Å². The van der Waals surface area contributed by atoms with Gasteiger partial charge in [-0.3, -0.25) is 19.3 Å². The molecule has 3 atom stereocenters. The van der Waals surface area contributed by atoms with Gasteiger partial charge in [-0.15, -0.1) is 0 Å². The van der Waals surface area contributed by atoms with Crippen molar-refractivity contribution in [3.8, 4) is 6.07 Å². The highest BCUT2D eigenvalue weighted by molar-refractivity contribution is 5.86. The van der Waals surface area contributed by atoms with Gasteiger partial charge in [0, 0.05) is 30.3 Å². The number of nitrogens with zero attached hydrogens (tertiary/aromatic N) is 4. The van der Waals surface area contributed by atoms with Crippen LogP contribution in [0.15, 0.2) is 24.3 Å². The third-order valence-corrected chi connectivity index (χ3v) is 8.03. The Bertz CT molecular complexity index is 1230. The Morgan fingerprint density at radius 1 is 1.05 bits per heavy atom. The first-order valence-electron chi connectivity index (χ1n) is 14.3. The summed E-state index contributed by atoms with van der Waals surface area (Å²) in [4.78, 5) is 42.9. The minimum absolute atomic E-state index is 0.0443. The number of amides is 1. The molecule has 9 heteroatoms. The molecule has 0 N–H and O–H groups in total. The first-order chi connectivity index (χ1) is 18.9. The summed E-state index contributed by atoms with van der Waals surface area (Å²) in [6.07, 6.45) is 4.92. The summed E-state index contributed by atoms with van der Waals surface area (Å²) in [5, 5.41) is 10.4. The molecule has 1 aromatic heterocycles. The topological polar surface area (TPSA) is 105 Å². The Hall–Kier alpha value is -3.38. The van der Waals surface area contributed by atoms with Crippen LogP contribution < -0.4 is 0 Å². The van der Waals surface area contributed by atoms with E-state index in [0.29, 0.717) is 25.1 Å². The Labute approximate surface area is 230 Å². The summed E-state index contributed by atoms with van der Waals surface area (Å²) < 4.78 is 12.7. The Morgan fingerprint density at radius 2 is 1.82 bits per heavy atom. The normalized spacial score (nSPS) is 20.2. The molecule has 2 fully saturated rings. The number of nitriles is 1. The molecule has 3 heterocycles. The highest BCUT2D eigenvalue weighted by atomic mass is 16.5. The molecule has 0 spiro atoms. The maximum absolute atomic E-state index is 13.9. The van der Waals surface area contributed by atoms with Crippen LogP contribution in [0.1, 0.15) is 70.6 Å². The van der Waals surface area contributed by atoms with E-state index in [1.165, 1.54) is 5.69 Å². The molecule has 9 nitrogen and oxygen atoms in total. The maximum Gasteiger partial charge on any atom is 0.323 e. The standard InChI is InChI=1S/C30H40N4O5/c1-4-32-24(18-22-12-11-21(20-31)17-26(22)32)14-13-23-9-7-15-33(23)29(36)25-10-8-16-34(25)27(30(37)39-6-3)19-28(35)38-5-2/h11-12,17-18,23,25,27H,4-10,13-16,19H2,1-3H3/t23-,25+,27?/m0/s1. The van der Waals surface area contributed by atoms with Crippen LogP contribution in [0, 0.1) is 11.3 Å². The molecule has 0 radical (unpaired) electrons. The zero-order valence-corrected chi connectivity index (χ0v) is 23.4. The smallest absolute Gasteiger partial charge is 0.323 e. The van der Waals surface area contributed by atoms with Crippen LogP contribution in [0.2, 0.25) is 0 Å². The van der Waals surface area contributed by atoms with Crippen molar-refractivity contribution >= 4 is 28.7 Å². The van der Waals surface area contributed by atoms with Crippen molar-refractivity contribution in [3.63, 3.8) is 0 Å². The van der Waals surface area contributed by atoms with Crippen LogP contribution in [0.3, 0.4) is 0 Å². The minimum atomic E-state index is -0.819. The molecule has 2 saturated heterocycles. The quantitative estimate of drug-likeness (QED) is 0.402. The fourth-order valence-electron chi connectivity index (χ4n) is 6.27. The molecule has 4 rings (SSSR count). The number of benzene rings is 1. The third kappa shape index (κ3) is 6.27. The number of hydrogen-bond acceptors (Lipinski definition) is 7. The molecule has 2 aromatic rings. The van der Waals surface area contributed by atoms with Crippen LogP contribution in [0.5, 0.6) is 0 Å². The van der Waals surface area contributed by atoms with Crippen molar-refractivity contribution < 1.29 is 23.9 Å². The van der Waals surface area contributed by atoms with Gasteiger partial charge in [0.25, 0.3) is 0 Å². The molecule has 0 aliphatic carbocycles. The van der Waals surface area contributed by atoms with Gasteiger partial charge in [-0.2, -0.15) is 5.26 Å². The molecule has 39 heavy (non-hydrogen) atoms.